The Kier molecular flexibility index (Phi) is 5.22. The normalized spacial score (nSPS) is 11.3. The minimum Gasteiger partial charge on any atom is -0.311 e. The fourth-order valence-electron chi connectivity index (χ4n) is 6.28. The summed E-state index contributed by atoms with van der Waals surface area (Å²) in [5.41, 5.74) is 10.0. The van der Waals surface area contributed by atoms with Crippen LogP contribution < -0.4 is 0 Å². The summed E-state index contributed by atoms with van der Waals surface area (Å²) in [6.07, 6.45) is 0. The quantitative estimate of drug-likeness (QED) is 0.208. The smallest absolute Gasteiger partial charge is 0.189 e. The molecule has 8 rings (SSSR count). The molecule has 0 amide bonds. The fraction of sp³-hybridized carbons (Fsp3) is 0. The summed E-state index contributed by atoms with van der Waals surface area (Å²) in [6, 6.07) is 48.1. The number of rotatable bonds is 3. The van der Waals surface area contributed by atoms with Crippen molar-refractivity contribution in [2.24, 2.45) is 0 Å². The molecule has 2 heterocycles. The van der Waals surface area contributed by atoms with E-state index in [9.17, 15) is 5.26 Å². The maximum atomic E-state index is 9.52. The monoisotopic (exact) mass is 534 g/mol. The van der Waals surface area contributed by atoms with E-state index < -0.39 is 0 Å². The molecule has 0 bridgehead atoms. The Morgan fingerprint density at radius 2 is 1.07 bits per heavy atom. The molecule has 4 nitrogen and oxygen atoms in total. The van der Waals surface area contributed by atoms with Crippen molar-refractivity contribution in [1.82, 2.24) is 9.13 Å². The fourth-order valence-corrected chi connectivity index (χ4v) is 6.28. The zero-order valence-electron chi connectivity index (χ0n) is 22.5. The summed E-state index contributed by atoms with van der Waals surface area (Å²) < 4.78 is 4.53. The summed E-state index contributed by atoms with van der Waals surface area (Å²) in [4.78, 5) is 3.65. The number of para-hydroxylation sites is 2. The average molecular weight is 535 g/mol. The third-order valence-corrected chi connectivity index (χ3v) is 8.13. The highest BCUT2D eigenvalue weighted by atomic mass is 15.0. The molecule has 0 aliphatic carbocycles. The summed E-state index contributed by atoms with van der Waals surface area (Å²) in [5.74, 6) is 0. The van der Waals surface area contributed by atoms with Crippen LogP contribution >= 0.6 is 0 Å². The van der Waals surface area contributed by atoms with E-state index in [4.69, 9.17) is 6.57 Å². The largest absolute Gasteiger partial charge is 0.311 e. The minimum atomic E-state index is 0.626. The highest BCUT2D eigenvalue weighted by molar-refractivity contribution is 6.11. The zero-order valence-corrected chi connectivity index (χ0v) is 22.5. The summed E-state index contributed by atoms with van der Waals surface area (Å²) in [6.45, 7) is 7.49. The Morgan fingerprint density at radius 1 is 0.500 bits per heavy atom. The van der Waals surface area contributed by atoms with Gasteiger partial charge in [0.25, 0.3) is 0 Å². The molecule has 42 heavy (non-hydrogen) atoms. The van der Waals surface area contributed by atoms with Gasteiger partial charge in [0, 0.05) is 32.9 Å². The number of aromatic nitrogens is 2. The highest BCUT2D eigenvalue weighted by Gasteiger charge is 2.15. The van der Waals surface area contributed by atoms with Crippen molar-refractivity contribution in [3.05, 3.63) is 150 Å². The van der Waals surface area contributed by atoms with E-state index in [1.54, 1.807) is 0 Å². The van der Waals surface area contributed by atoms with Gasteiger partial charge in [-0.3, -0.25) is 0 Å². The van der Waals surface area contributed by atoms with Crippen molar-refractivity contribution in [2.75, 3.05) is 0 Å². The van der Waals surface area contributed by atoms with E-state index in [-0.39, 0.29) is 0 Å². The standard InChI is InChI=1S/C38H22N4/c1-40-28-9-7-11-30(23-28)42-36-15-5-3-13-32(36)34-22-27(17-19-38(34)42)26-8-6-10-29(21-26)41-35-14-4-2-12-31(35)33-20-25(24-39)16-18-37(33)41/h2-23H. The van der Waals surface area contributed by atoms with Crippen LogP contribution in [0.3, 0.4) is 0 Å². The molecule has 0 fully saturated rings. The van der Waals surface area contributed by atoms with Crippen LogP contribution in [-0.4, -0.2) is 9.13 Å². The van der Waals surface area contributed by atoms with E-state index in [1.165, 1.54) is 10.8 Å². The van der Waals surface area contributed by atoms with Gasteiger partial charge in [-0.05, 0) is 77.9 Å². The zero-order chi connectivity index (χ0) is 28.2. The second-order valence-electron chi connectivity index (χ2n) is 10.5. The van der Waals surface area contributed by atoms with Gasteiger partial charge in [-0.2, -0.15) is 5.26 Å². The molecule has 6 aromatic carbocycles. The van der Waals surface area contributed by atoms with Gasteiger partial charge in [0.1, 0.15) is 0 Å². The van der Waals surface area contributed by atoms with Crippen LogP contribution in [0.1, 0.15) is 5.56 Å². The number of fused-ring (bicyclic) bond motifs is 6. The second-order valence-corrected chi connectivity index (χ2v) is 10.5. The third-order valence-electron chi connectivity index (χ3n) is 8.13. The van der Waals surface area contributed by atoms with E-state index in [2.05, 4.69) is 111 Å². The van der Waals surface area contributed by atoms with E-state index in [0.717, 1.165) is 55.3 Å². The van der Waals surface area contributed by atoms with Crippen LogP contribution in [0.4, 0.5) is 5.69 Å². The molecule has 0 saturated heterocycles. The molecule has 0 radical (unpaired) electrons. The molecule has 8 aromatic rings. The van der Waals surface area contributed by atoms with E-state index >= 15 is 0 Å². The number of nitriles is 1. The van der Waals surface area contributed by atoms with E-state index in [1.807, 2.05) is 42.5 Å². The topological polar surface area (TPSA) is 38.0 Å². The number of nitrogens with zero attached hydrogens (tertiary/aromatic N) is 4. The predicted molar refractivity (Wildman–Crippen MR) is 172 cm³/mol. The highest BCUT2D eigenvalue weighted by Crippen LogP contribution is 2.37. The van der Waals surface area contributed by atoms with Crippen molar-refractivity contribution >= 4 is 49.3 Å². The van der Waals surface area contributed by atoms with Crippen molar-refractivity contribution in [3.63, 3.8) is 0 Å². The lowest BCUT2D eigenvalue weighted by Crippen LogP contribution is -1.94. The van der Waals surface area contributed by atoms with Crippen LogP contribution in [0.15, 0.2) is 133 Å². The van der Waals surface area contributed by atoms with Gasteiger partial charge in [0.05, 0.1) is 40.3 Å². The summed E-state index contributed by atoms with van der Waals surface area (Å²) >= 11 is 0. The van der Waals surface area contributed by atoms with Crippen LogP contribution in [0, 0.1) is 17.9 Å². The first-order chi connectivity index (χ1) is 20.7. The lowest BCUT2D eigenvalue weighted by Gasteiger charge is -2.11. The first-order valence-electron chi connectivity index (χ1n) is 13.8. The minimum absolute atomic E-state index is 0.626. The lowest BCUT2D eigenvalue weighted by atomic mass is 10.0. The predicted octanol–water partition coefficient (Wildman–Crippen LogP) is 9.97. The Hall–Kier alpha value is -6.10. The van der Waals surface area contributed by atoms with E-state index in [0.29, 0.717) is 11.3 Å². The first-order valence-corrected chi connectivity index (χ1v) is 13.8. The van der Waals surface area contributed by atoms with Crippen LogP contribution in [-0.2, 0) is 0 Å². The van der Waals surface area contributed by atoms with Crippen molar-refractivity contribution < 1.29 is 0 Å². The molecule has 0 atom stereocenters. The molecule has 0 N–H and O–H groups in total. The number of benzene rings is 6. The van der Waals surface area contributed by atoms with Crippen molar-refractivity contribution in [1.29, 1.82) is 5.26 Å². The van der Waals surface area contributed by atoms with Gasteiger partial charge in [-0.15, -0.1) is 0 Å². The Morgan fingerprint density at radius 3 is 1.76 bits per heavy atom. The molecule has 0 aliphatic rings. The van der Waals surface area contributed by atoms with Crippen LogP contribution in [0.25, 0.3) is 71.0 Å². The Bertz CT molecular complexity index is 2440. The Labute approximate surface area is 242 Å². The molecule has 0 saturated carbocycles. The van der Waals surface area contributed by atoms with Gasteiger partial charge in [-0.1, -0.05) is 66.7 Å². The molecule has 0 aliphatic heterocycles. The van der Waals surface area contributed by atoms with Crippen molar-refractivity contribution in [3.8, 4) is 28.6 Å². The maximum Gasteiger partial charge on any atom is 0.189 e. The van der Waals surface area contributed by atoms with Gasteiger partial charge in [0.2, 0.25) is 0 Å². The van der Waals surface area contributed by atoms with Crippen LogP contribution in [0.5, 0.6) is 0 Å². The lowest BCUT2D eigenvalue weighted by molar-refractivity contribution is 1.18. The molecule has 0 unspecified atom stereocenters. The van der Waals surface area contributed by atoms with Crippen LogP contribution in [0.2, 0.25) is 0 Å². The summed E-state index contributed by atoms with van der Waals surface area (Å²) in [7, 11) is 0. The first kappa shape index (κ1) is 23.8. The Balaban J connectivity index is 1.32. The summed E-state index contributed by atoms with van der Waals surface area (Å²) in [5, 5.41) is 14.1. The molecular weight excluding hydrogens is 512 g/mol. The molecule has 4 heteroatoms. The van der Waals surface area contributed by atoms with Gasteiger partial charge >= 0.3 is 0 Å². The molecule has 2 aromatic heterocycles. The SMILES string of the molecule is [C-]#[N+]c1cccc(-n2c3ccccc3c3cc(-c4cccc(-n5c6ccccc6c6cc(C#N)ccc65)c4)ccc32)c1. The maximum absolute atomic E-state index is 9.52. The second kappa shape index (κ2) is 9.24. The molecular formula is C38H22N4. The average Bonchev–Trinajstić information content (AvgIpc) is 3.57. The number of hydrogen-bond donors (Lipinski definition) is 0. The van der Waals surface area contributed by atoms with Crippen molar-refractivity contribution in [2.45, 2.75) is 0 Å². The van der Waals surface area contributed by atoms with Gasteiger partial charge < -0.3 is 9.13 Å². The van der Waals surface area contributed by atoms with Gasteiger partial charge in [0.15, 0.2) is 5.69 Å². The number of hydrogen-bond acceptors (Lipinski definition) is 1. The van der Waals surface area contributed by atoms with Gasteiger partial charge in [-0.25, -0.2) is 4.85 Å². The third kappa shape index (κ3) is 3.53. The molecule has 194 valence electrons. The molecule has 0 spiro atoms.